The Balaban J connectivity index is 1.88. The van der Waals surface area contributed by atoms with Crippen molar-refractivity contribution < 1.29 is 14.3 Å². The molecule has 0 aliphatic heterocycles. The van der Waals surface area contributed by atoms with E-state index >= 15 is 0 Å². The molecule has 0 aliphatic rings. The minimum atomic E-state index is -0.672. The van der Waals surface area contributed by atoms with Crippen LogP contribution < -0.4 is 10.1 Å². The number of ether oxygens (including phenoxy) is 1. The van der Waals surface area contributed by atoms with Crippen LogP contribution in [-0.2, 0) is 22.6 Å². The van der Waals surface area contributed by atoms with Crippen molar-refractivity contribution in [1.82, 2.24) is 10.2 Å². The molecule has 35 heavy (non-hydrogen) atoms. The van der Waals surface area contributed by atoms with Crippen LogP contribution in [0.2, 0.25) is 5.02 Å². The minimum absolute atomic E-state index is 0.168. The second-order valence-electron chi connectivity index (χ2n) is 8.66. The number of amides is 2. The highest BCUT2D eigenvalue weighted by Crippen LogP contribution is 2.26. The first kappa shape index (κ1) is 26.3. The van der Waals surface area contributed by atoms with Crippen LogP contribution in [0, 0.1) is 13.8 Å². The lowest BCUT2D eigenvalue weighted by atomic mass is 10.0. The van der Waals surface area contributed by atoms with Crippen molar-refractivity contribution in [2.75, 3.05) is 13.2 Å². The fraction of sp³-hybridized carbons (Fsp3) is 0.310. The van der Waals surface area contributed by atoms with Crippen molar-refractivity contribution in [2.24, 2.45) is 0 Å². The molecule has 2 amide bonds. The van der Waals surface area contributed by atoms with Crippen LogP contribution in [-0.4, -0.2) is 35.9 Å². The Hall–Kier alpha value is -3.31. The molecule has 0 radical (unpaired) electrons. The van der Waals surface area contributed by atoms with Crippen molar-refractivity contribution in [2.45, 2.75) is 46.2 Å². The molecule has 5 nitrogen and oxygen atoms in total. The van der Waals surface area contributed by atoms with E-state index in [1.807, 2.05) is 93.6 Å². The Morgan fingerprint density at radius 1 is 0.943 bits per heavy atom. The number of halogens is 1. The van der Waals surface area contributed by atoms with Crippen LogP contribution >= 0.6 is 11.6 Å². The lowest BCUT2D eigenvalue weighted by Gasteiger charge is -2.31. The fourth-order valence-electron chi connectivity index (χ4n) is 3.92. The smallest absolute Gasteiger partial charge is 0.261 e. The molecule has 3 rings (SSSR count). The molecule has 0 aliphatic carbocycles. The van der Waals surface area contributed by atoms with Gasteiger partial charge >= 0.3 is 0 Å². The number of benzene rings is 3. The van der Waals surface area contributed by atoms with Gasteiger partial charge in [0.15, 0.2) is 6.61 Å². The standard InChI is InChI=1S/C29H33ClN2O3/c1-4-15-31-29(34)26(18-23-11-7-5-8-12-23)32(19-24-13-9-6-10-14-24)27(33)20-35-25-16-21(2)28(30)22(3)17-25/h5-14,16-17,26H,4,15,18-20H2,1-3H3,(H,31,34)/t26-/m1/s1. The van der Waals surface area contributed by atoms with Crippen LogP contribution in [0.25, 0.3) is 0 Å². The van der Waals surface area contributed by atoms with E-state index in [9.17, 15) is 9.59 Å². The molecule has 0 unspecified atom stereocenters. The predicted molar refractivity (Wildman–Crippen MR) is 141 cm³/mol. The van der Waals surface area contributed by atoms with E-state index < -0.39 is 6.04 Å². The number of nitrogens with one attached hydrogen (secondary N) is 1. The van der Waals surface area contributed by atoms with E-state index in [1.54, 1.807) is 4.90 Å². The van der Waals surface area contributed by atoms with Gasteiger partial charge in [0.25, 0.3) is 5.91 Å². The Labute approximate surface area is 213 Å². The average Bonchev–Trinajstić information content (AvgIpc) is 2.87. The number of rotatable bonds is 11. The highest BCUT2D eigenvalue weighted by atomic mass is 35.5. The maximum Gasteiger partial charge on any atom is 0.261 e. The summed E-state index contributed by atoms with van der Waals surface area (Å²) in [5, 5.41) is 3.67. The monoisotopic (exact) mass is 492 g/mol. The van der Waals surface area contributed by atoms with Gasteiger partial charge in [0.2, 0.25) is 5.91 Å². The SMILES string of the molecule is CCCNC(=O)[C@@H](Cc1ccccc1)N(Cc1ccccc1)C(=O)COc1cc(C)c(Cl)c(C)c1. The summed E-state index contributed by atoms with van der Waals surface area (Å²) in [4.78, 5) is 28.5. The maximum atomic E-state index is 13.6. The summed E-state index contributed by atoms with van der Waals surface area (Å²) in [6.45, 7) is 6.48. The third-order valence-electron chi connectivity index (χ3n) is 5.79. The molecule has 6 heteroatoms. The highest BCUT2D eigenvalue weighted by molar-refractivity contribution is 6.32. The summed E-state index contributed by atoms with van der Waals surface area (Å²) in [6.07, 6.45) is 1.23. The summed E-state index contributed by atoms with van der Waals surface area (Å²) >= 11 is 6.27. The molecule has 3 aromatic carbocycles. The first-order valence-electron chi connectivity index (χ1n) is 11.9. The molecule has 0 saturated carbocycles. The van der Waals surface area contributed by atoms with Crippen LogP contribution in [0.4, 0.5) is 0 Å². The van der Waals surface area contributed by atoms with Crippen LogP contribution in [0.3, 0.4) is 0 Å². The summed E-state index contributed by atoms with van der Waals surface area (Å²) in [7, 11) is 0. The number of carbonyl (C=O) groups is 2. The lowest BCUT2D eigenvalue weighted by Crippen LogP contribution is -2.51. The largest absolute Gasteiger partial charge is 0.484 e. The van der Waals surface area contributed by atoms with Crippen molar-refractivity contribution in [1.29, 1.82) is 0 Å². The van der Waals surface area contributed by atoms with Gasteiger partial charge in [-0.2, -0.15) is 0 Å². The van der Waals surface area contributed by atoms with E-state index in [0.717, 1.165) is 28.7 Å². The molecule has 0 fully saturated rings. The van der Waals surface area contributed by atoms with Gasteiger partial charge in [-0.3, -0.25) is 9.59 Å². The molecule has 0 bridgehead atoms. The van der Waals surface area contributed by atoms with E-state index in [4.69, 9.17) is 16.3 Å². The Morgan fingerprint density at radius 2 is 1.51 bits per heavy atom. The zero-order chi connectivity index (χ0) is 25.2. The second kappa shape index (κ2) is 13.0. The van der Waals surface area contributed by atoms with Crippen molar-refractivity contribution in [3.05, 3.63) is 100 Å². The maximum absolute atomic E-state index is 13.6. The van der Waals surface area contributed by atoms with Gasteiger partial charge in [-0.1, -0.05) is 79.2 Å². The van der Waals surface area contributed by atoms with Gasteiger partial charge in [0.1, 0.15) is 11.8 Å². The van der Waals surface area contributed by atoms with E-state index in [0.29, 0.717) is 30.3 Å². The zero-order valence-electron chi connectivity index (χ0n) is 20.6. The summed E-state index contributed by atoms with van der Waals surface area (Å²) < 4.78 is 5.88. The molecule has 0 heterocycles. The Morgan fingerprint density at radius 3 is 2.09 bits per heavy atom. The fourth-order valence-corrected chi connectivity index (χ4v) is 4.03. The van der Waals surface area contributed by atoms with Gasteiger partial charge < -0.3 is 15.0 Å². The molecule has 0 aromatic heterocycles. The molecule has 1 N–H and O–H groups in total. The van der Waals surface area contributed by atoms with Crippen LogP contribution in [0.1, 0.15) is 35.6 Å². The Bertz CT molecular complexity index is 1100. The second-order valence-corrected chi connectivity index (χ2v) is 9.04. The first-order valence-corrected chi connectivity index (χ1v) is 12.3. The molecule has 3 aromatic rings. The highest BCUT2D eigenvalue weighted by Gasteiger charge is 2.30. The molecular weight excluding hydrogens is 460 g/mol. The average molecular weight is 493 g/mol. The summed E-state index contributed by atoms with van der Waals surface area (Å²) in [5.41, 5.74) is 3.70. The molecule has 184 valence electrons. The topological polar surface area (TPSA) is 58.6 Å². The molecular formula is C29H33ClN2O3. The predicted octanol–water partition coefficient (Wildman–Crippen LogP) is 5.50. The van der Waals surface area contributed by atoms with Crippen LogP contribution in [0.15, 0.2) is 72.8 Å². The van der Waals surface area contributed by atoms with E-state index in [1.165, 1.54) is 0 Å². The van der Waals surface area contributed by atoms with Gasteiger partial charge in [-0.25, -0.2) is 0 Å². The quantitative estimate of drug-likeness (QED) is 0.384. The Kier molecular flexibility index (Phi) is 9.74. The van der Waals surface area contributed by atoms with Gasteiger partial charge in [0.05, 0.1) is 0 Å². The van der Waals surface area contributed by atoms with Crippen molar-refractivity contribution in [3.8, 4) is 5.75 Å². The van der Waals surface area contributed by atoms with Crippen molar-refractivity contribution >= 4 is 23.4 Å². The van der Waals surface area contributed by atoms with E-state index in [-0.39, 0.29) is 18.4 Å². The number of nitrogens with zero attached hydrogens (tertiary/aromatic N) is 1. The number of hydrogen-bond donors (Lipinski definition) is 1. The normalized spacial score (nSPS) is 11.5. The third-order valence-corrected chi connectivity index (χ3v) is 6.38. The molecule has 0 saturated heterocycles. The first-order chi connectivity index (χ1) is 16.9. The number of aryl methyl sites for hydroxylation is 2. The van der Waals surface area contributed by atoms with Crippen LogP contribution in [0.5, 0.6) is 5.75 Å². The summed E-state index contributed by atoms with van der Waals surface area (Å²) in [5.74, 6) is 0.150. The summed E-state index contributed by atoms with van der Waals surface area (Å²) in [6, 6.07) is 22.4. The van der Waals surface area contributed by atoms with Gasteiger partial charge in [-0.15, -0.1) is 0 Å². The number of hydrogen-bond acceptors (Lipinski definition) is 3. The minimum Gasteiger partial charge on any atom is -0.484 e. The van der Waals surface area contributed by atoms with Crippen molar-refractivity contribution in [3.63, 3.8) is 0 Å². The van der Waals surface area contributed by atoms with Gasteiger partial charge in [-0.05, 0) is 54.7 Å². The van der Waals surface area contributed by atoms with Gasteiger partial charge in [0, 0.05) is 24.5 Å². The third kappa shape index (κ3) is 7.59. The zero-order valence-corrected chi connectivity index (χ0v) is 21.3. The number of carbonyl (C=O) groups excluding carboxylic acids is 2. The molecule has 1 atom stereocenters. The lowest BCUT2D eigenvalue weighted by molar-refractivity contribution is -0.142. The molecule has 0 spiro atoms. The van der Waals surface area contributed by atoms with E-state index in [2.05, 4.69) is 5.32 Å².